The standard InChI is InChI=1S/C20H34O2S/c1-13-5-4-8-19(2)16(13)7-10-20-9-6-14(11-17(19)20)15(18(20)21)12-23(3)22/h13-18,21H,4-12H2,1-3H3/t13-,14-,15-,16+,17-,18+,19+,20-,23?/m0/s1. The highest BCUT2D eigenvalue weighted by Gasteiger charge is 2.65. The maximum Gasteiger partial charge on any atom is 0.0638 e. The number of hydrogen-bond donors (Lipinski definition) is 1. The molecule has 0 aromatic carbocycles. The molecule has 5 aliphatic carbocycles. The van der Waals surface area contributed by atoms with E-state index in [0.29, 0.717) is 23.2 Å². The smallest absolute Gasteiger partial charge is 0.0638 e. The summed E-state index contributed by atoms with van der Waals surface area (Å²) in [7, 11) is -0.785. The molecule has 1 N–H and O–H groups in total. The van der Waals surface area contributed by atoms with Crippen molar-refractivity contribution < 1.29 is 9.32 Å². The van der Waals surface area contributed by atoms with E-state index in [-0.39, 0.29) is 11.5 Å². The maximum absolute atomic E-state index is 11.8. The van der Waals surface area contributed by atoms with Gasteiger partial charge in [-0.1, -0.05) is 26.7 Å². The molecule has 5 saturated carbocycles. The van der Waals surface area contributed by atoms with Crippen LogP contribution in [0.15, 0.2) is 0 Å². The van der Waals surface area contributed by atoms with Gasteiger partial charge in [0.2, 0.25) is 0 Å². The van der Waals surface area contributed by atoms with Crippen LogP contribution in [0.4, 0.5) is 0 Å². The van der Waals surface area contributed by atoms with Gasteiger partial charge in [-0.2, -0.15) is 0 Å². The predicted molar refractivity (Wildman–Crippen MR) is 95.5 cm³/mol. The Morgan fingerprint density at radius 2 is 1.91 bits per heavy atom. The Labute approximate surface area is 144 Å². The van der Waals surface area contributed by atoms with E-state index < -0.39 is 10.8 Å². The molecule has 0 radical (unpaired) electrons. The van der Waals surface area contributed by atoms with Crippen LogP contribution in [0.5, 0.6) is 0 Å². The minimum absolute atomic E-state index is 0.154. The van der Waals surface area contributed by atoms with Crippen LogP contribution in [0.1, 0.15) is 65.2 Å². The van der Waals surface area contributed by atoms with Crippen molar-refractivity contribution in [1.29, 1.82) is 0 Å². The van der Waals surface area contributed by atoms with E-state index in [4.69, 9.17) is 0 Å². The number of aliphatic hydroxyl groups is 1. The number of hydrogen-bond acceptors (Lipinski definition) is 2. The lowest BCUT2D eigenvalue weighted by molar-refractivity contribution is -0.229. The van der Waals surface area contributed by atoms with Crippen LogP contribution in [0.25, 0.3) is 0 Å². The first kappa shape index (κ1) is 16.6. The van der Waals surface area contributed by atoms with E-state index in [0.717, 1.165) is 17.6 Å². The average Bonchev–Trinajstić information content (AvgIpc) is 2.50. The molecule has 0 saturated heterocycles. The van der Waals surface area contributed by atoms with Crippen molar-refractivity contribution in [1.82, 2.24) is 0 Å². The Kier molecular flexibility index (Phi) is 4.00. The minimum Gasteiger partial charge on any atom is -0.392 e. The number of fused-ring (bicyclic) bond motifs is 3. The van der Waals surface area contributed by atoms with Crippen LogP contribution in [-0.4, -0.2) is 27.4 Å². The monoisotopic (exact) mass is 338 g/mol. The van der Waals surface area contributed by atoms with Gasteiger partial charge in [-0.15, -0.1) is 0 Å². The Morgan fingerprint density at radius 3 is 2.65 bits per heavy atom. The summed E-state index contributed by atoms with van der Waals surface area (Å²) in [6.07, 6.45) is 12.1. The molecule has 0 heterocycles. The molecule has 5 aliphatic rings. The second-order valence-corrected chi connectivity index (χ2v) is 11.2. The summed E-state index contributed by atoms with van der Waals surface area (Å²) in [6, 6.07) is 0. The molecule has 132 valence electrons. The second-order valence-electron chi connectivity index (χ2n) is 9.69. The van der Waals surface area contributed by atoms with Gasteiger partial charge in [0.05, 0.1) is 6.10 Å². The quantitative estimate of drug-likeness (QED) is 0.826. The summed E-state index contributed by atoms with van der Waals surface area (Å²) in [5, 5.41) is 11.3. The van der Waals surface area contributed by atoms with Gasteiger partial charge in [0.15, 0.2) is 0 Å². The number of rotatable bonds is 2. The van der Waals surface area contributed by atoms with E-state index in [2.05, 4.69) is 13.8 Å². The highest BCUT2D eigenvalue weighted by Crippen LogP contribution is 2.70. The van der Waals surface area contributed by atoms with Crippen LogP contribution < -0.4 is 0 Å². The molecule has 0 amide bonds. The van der Waals surface area contributed by atoms with Gasteiger partial charge >= 0.3 is 0 Å². The Bertz CT molecular complexity index is 506. The van der Waals surface area contributed by atoms with Gasteiger partial charge in [-0.05, 0) is 78.9 Å². The molecule has 23 heavy (non-hydrogen) atoms. The van der Waals surface area contributed by atoms with Crippen molar-refractivity contribution in [3.05, 3.63) is 0 Å². The summed E-state index contributed by atoms with van der Waals surface area (Å²) in [5.74, 6) is 4.09. The highest BCUT2D eigenvalue weighted by atomic mass is 32.2. The summed E-state index contributed by atoms with van der Waals surface area (Å²) >= 11 is 0. The van der Waals surface area contributed by atoms with Crippen LogP contribution in [0, 0.1) is 40.4 Å². The molecular formula is C20H34O2S. The maximum atomic E-state index is 11.8. The molecule has 3 heteroatoms. The van der Waals surface area contributed by atoms with Crippen LogP contribution in [-0.2, 0) is 10.8 Å². The fourth-order valence-corrected chi connectivity index (χ4v) is 8.89. The van der Waals surface area contributed by atoms with E-state index in [1.165, 1.54) is 51.4 Å². The van der Waals surface area contributed by atoms with Crippen molar-refractivity contribution in [2.45, 2.75) is 71.3 Å². The first-order chi connectivity index (χ1) is 10.9. The summed E-state index contributed by atoms with van der Waals surface area (Å²) in [5.41, 5.74) is 0.604. The highest BCUT2D eigenvalue weighted by molar-refractivity contribution is 7.84. The normalized spacial score (nSPS) is 56.7. The largest absolute Gasteiger partial charge is 0.392 e. The van der Waals surface area contributed by atoms with E-state index in [1.54, 1.807) is 0 Å². The lowest BCUT2D eigenvalue weighted by Gasteiger charge is -2.69. The third-order valence-corrected chi connectivity index (χ3v) is 9.72. The van der Waals surface area contributed by atoms with E-state index in [9.17, 15) is 9.32 Å². The molecule has 0 aliphatic heterocycles. The molecule has 1 spiro atoms. The predicted octanol–water partition coefficient (Wildman–Crippen LogP) is 3.99. The first-order valence-corrected chi connectivity index (χ1v) is 11.6. The fraction of sp³-hybridized carbons (Fsp3) is 1.00. The summed E-state index contributed by atoms with van der Waals surface area (Å²) < 4.78 is 11.8. The third kappa shape index (κ3) is 2.25. The van der Waals surface area contributed by atoms with Crippen molar-refractivity contribution >= 4 is 10.8 Å². The van der Waals surface area contributed by atoms with Crippen molar-refractivity contribution in [3.63, 3.8) is 0 Å². The zero-order chi connectivity index (χ0) is 16.4. The Hall–Kier alpha value is 0.110. The van der Waals surface area contributed by atoms with Gasteiger partial charge in [-0.25, -0.2) is 0 Å². The van der Waals surface area contributed by atoms with Crippen molar-refractivity contribution in [3.8, 4) is 0 Å². The molecule has 0 aromatic heterocycles. The Balaban J connectivity index is 1.68. The van der Waals surface area contributed by atoms with Crippen molar-refractivity contribution in [2.24, 2.45) is 40.4 Å². The average molecular weight is 339 g/mol. The third-order valence-electron chi connectivity index (χ3n) is 8.87. The molecule has 2 bridgehead atoms. The molecule has 2 nitrogen and oxygen atoms in total. The van der Waals surface area contributed by atoms with Gasteiger partial charge in [-0.3, -0.25) is 4.21 Å². The van der Waals surface area contributed by atoms with Crippen LogP contribution in [0.3, 0.4) is 0 Å². The molecule has 1 unspecified atom stereocenters. The molecular weight excluding hydrogens is 304 g/mol. The molecule has 0 aromatic rings. The minimum atomic E-state index is -0.785. The Morgan fingerprint density at radius 1 is 1.17 bits per heavy atom. The zero-order valence-corrected chi connectivity index (χ0v) is 15.9. The first-order valence-electron chi connectivity index (χ1n) is 9.86. The summed E-state index contributed by atoms with van der Waals surface area (Å²) in [6.45, 7) is 5.04. The molecule has 9 atom stereocenters. The zero-order valence-electron chi connectivity index (χ0n) is 15.1. The molecule has 5 rings (SSSR count). The van der Waals surface area contributed by atoms with Gasteiger partial charge in [0, 0.05) is 22.8 Å². The van der Waals surface area contributed by atoms with Gasteiger partial charge in [0.25, 0.3) is 0 Å². The summed E-state index contributed by atoms with van der Waals surface area (Å²) in [4.78, 5) is 0. The lowest BCUT2D eigenvalue weighted by atomic mass is 9.37. The SMILES string of the molecule is C[C@H]1CCC[C@]2(C)[C@@H]1CC[C@@]13CC[C@@H](C[C@@H]21)[C@H](CS(C)=O)[C@H]3O. The lowest BCUT2D eigenvalue weighted by Crippen LogP contribution is -2.65. The van der Waals surface area contributed by atoms with Crippen LogP contribution >= 0.6 is 0 Å². The molecule has 5 fully saturated rings. The topological polar surface area (TPSA) is 37.3 Å². The fourth-order valence-electron chi connectivity index (χ4n) is 7.89. The van der Waals surface area contributed by atoms with Gasteiger partial charge < -0.3 is 5.11 Å². The number of aliphatic hydroxyl groups excluding tert-OH is 1. The van der Waals surface area contributed by atoms with E-state index >= 15 is 0 Å². The van der Waals surface area contributed by atoms with Gasteiger partial charge in [0.1, 0.15) is 0 Å². The second kappa shape index (κ2) is 5.56. The van der Waals surface area contributed by atoms with Crippen molar-refractivity contribution in [2.75, 3.05) is 12.0 Å². The van der Waals surface area contributed by atoms with Crippen LogP contribution in [0.2, 0.25) is 0 Å². The van der Waals surface area contributed by atoms with E-state index in [1.807, 2.05) is 6.26 Å².